The monoisotopic (exact) mass is 662 g/mol. The molecule has 12 heteroatoms. The number of hydrogen-bond donors (Lipinski definition) is 1. The van der Waals surface area contributed by atoms with Gasteiger partial charge in [0.05, 0.1) is 39.9 Å². The number of aromatic nitrogens is 1. The summed E-state index contributed by atoms with van der Waals surface area (Å²) in [7, 11) is 6.04. The lowest BCUT2D eigenvalue weighted by Gasteiger charge is -2.52. The molecule has 256 valence electrons. The molecule has 1 N–H and O–H groups in total. The molecule has 2 aliphatic heterocycles. The maximum absolute atomic E-state index is 13.4. The fourth-order valence-electron chi connectivity index (χ4n) is 7.82. The molecule has 3 aromatic rings. The molecule has 6 rings (SSSR count). The van der Waals surface area contributed by atoms with Crippen LogP contribution in [0.3, 0.4) is 0 Å². The first-order valence-corrected chi connectivity index (χ1v) is 16.2. The lowest BCUT2D eigenvalue weighted by molar-refractivity contribution is -0.187. The molecule has 0 unspecified atom stereocenters. The predicted octanol–water partition coefficient (Wildman–Crippen LogP) is 5.09. The second-order valence-electron chi connectivity index (χ2n) is 12.3. The van der Waals surface area contributed by atoms with Crippen molar-refractivity contribution < 1.29 is 47.5 Å². The first kappa shape index (κ1) is 33.4. The van der Waals surface area contributed by atoms with Gasteiger partial charge in [-0.3, -0.25) is 9.69 Å². The zero-order valence-corrected chi connectivity index (χ0v) is 27.9. The number of methoxy groups -OCH3 is 4. The number of aromatic amines is 1. The quantitative estimate of drug-likeness (QED) is 0.142. The minimum atomic E-state index is -0.840. The molecule has 1 aromatic heterocycles. The highest BCUT2D eigenvalue weighted by atomic mass is 16.7. The third-order valence-electron chi connectivity index (χ3n) is 9.92. The summed E-state index contributed by atoms with van der Waals surface area (Å²) in [4.78, 5) is 44.5. The van der Waals surface area contributed by atoms with E-state index in [2.05, 4.69) is 16.0 Å². The van der Waals surface area contributed by atoms with Crippen LogP contribution in [0.25, 0.3) is 17.0 Å². The summed E-state index contributed by atoms with van der Waals surface area (Å²) < 4.78 is 38.0. The minimum Gasteiger partial charge on any atom is -0.497 e. The summed E-state index contributed by atoms with van der Waals surface area (Å²) in [5.41, 5.74) is 4.18. The largest absolute Gasteiger partial charge is 0.513 e. The summed E-state index contributed by atoms with van der Waals surface area (Å²) in [6.45, 7) is 3.52. The van der Waals surface area contributed by atoms with Crippen molar-refractivity contribution in [2.45, 2.75) is 44.4 Å². The molecule has 0 bridgehead atoms. The zero-order chi connectivity index (χ0) is 33.9. The van der Waals surface area contributed by atoms with E-state index in [1.807, 2.05) is 12.1 Å². The molecule has 1 aliphatic carbocycles. The van der Waals surface area contributed by atoms with Gasteiger partial charge in [0.1, 0.15) is 18.0 Å². The fraction of sp³-hybridized carbons (Fsp3) is 0.472. The lowest BCUT2D eigenvalue weighted by Crippen LogP contribution is -2.58. The average molecular weight is 663 g/mol. The maximum Gasteiger partial charge on any atom is 0.513 e. The van der Waals surface area contributed by atoms with E-state index >= 15 is 0 Å². The Hall–Kier alpha value is -4.55. The van der Waals surface area contributed by atoms with Crippen LogP contribution in [0.1, 0.15) is 42.6 Å². The topological polar surface area (TPSA) is 135 Å². The Morgan fingerprint density at radius 2 is 1.83 bits per heavy atom. The highest BCUT2D eigenvalue weighted by molar-refractivity contribution is 5.88. The number of piperidine rings is 1. The second-order valence-corrected chi connectivity index (χ2v) is 12.3. The van der Waals surface area contributed by atoms with E-state index in [0.717, 1.165) is 37.2 Å². The van der Waals surface area contributed by atoms with Gasteiger partial charge in [0.25, 0.3) is 0 Å². The van der Waals surface area contributed by atoms with Gasteiger partial charge in [-0.2, -0.15) is 0 Å². The lowest BCUT2D eigenvalue weighted by atomic mass is 9.63. The van der Waals surface area contributed by atoms with Crippen LogP contribution in [0.2, 0.25) is 0 Å². The number of carbonyl (C=O) groups excluding carboxylic acids is 3. The Kier molecular flexibility index (Phi) is 9.93. The van der Waals surface area contributed by atoms with Crippen molar-refractivity contribution >= 4 is 35.1 Å². The van der Waals surface area contributed by atoms with Gasteiger partial charge in [-0.15, -0.1) is 0 Å². The predicted molar refractivity (Wildman–Crippen MR) is 175 cm³/mol. The van der Waals surface area contributed by atoms with E-state index in [-0.39, 0.29) is 36.2 Å². The van der Waals surface area contributed by atoms with Gasteiger partial charge in [0, 0.05) is 48.9 Å². The molecule has 0 spiro atoms. The fourth-order valence-corrected chi connectivity index (χ4v) is 7.82. The first-order chi connectivity index (χ1) is 23.3. The van der Waals surface area contributed by atoms with Gasteiger partial charge in [-0.1, -0.05) is 6.07 Å². The molecular formula is C36H42N2O10. The Labute approximate surface area is 279 Å². The van der Waals surface area contributed by atoms with Crippen LogP contribution in [0.4, 0.5) is 4.79 Å². The van der Waals surface area contributed by atoms with Crippen LogP contribution in [-0.4, -0.2) is 88.3 Å². The summed E-state index contributed by atoms with van der Waals surface area (Å²) in [6, 6.07) is 11.1. The van der Waals surface area contributed by atoms with E-state index in [1.165, 1.54) is 36.9 Å². The number of carbonyl (C=O) groups is 3. The van der Waals surface area contributed by atoms with Gasteiger partial charge in [0.2, 0.25) is 0 Å². The van der Waals surface area contributed by atoms with Crippen molar-refractivity contribution in [3.8, 4) is 17.2 Å². The number of nitrogens with zero attached hydrogens (tertiary/aromatic N) is 1. The van der Waals surface area contributed by atoms with Gasteiger partial charge in [-0.25, -0.2) is 9.59 Å². The highest BCUT2D eigenvalue weighted by Gasteiger charge is 2.54. The smallest absolute Gasteiger partial charge is 0.497 e. The number of fused-ring (bicyclic) bond motifs is 6. The number of hydrogen-bond acceptors (Lipinski definition) is 11. The average Bonchev–Trinajstić information content (AvgIpc) is 3.47. The van der Waals surface area contributed by atoms with Crippen LogP contribution in [0.5, 0.6) is 17.2 Å². The summed E-state index contributed by atoms with van der Waals surface area (Å²) in [6.07, 6.45) is 2.97. The highest BCUT2D eigenvalue weighted by Crippen LogP contribution is 2.50. The number of nitrogens with one attached hydrogen (secondary N) is 1. The van der Waals surface area contributed by atoms with Crippen molar-refractivity contribution in [2.75, 3.05) is 48.1 Å². The number of ether oxygens (including phenoxy) is 7. The van der Waals surface area contributed by atoms with Crippen molar-refractivity contribution in [1.29, 1.82) is 0 Å². The third-order valence-corrected chi connectivity index (χ3v) is 9.92. The molecule has 2 fully saturated rings. The summed E-state index contributed by atoms with van der Waals surface area (Å²) in [5, 5.41) is 1.20. The van der Waals surface area contributed by atoms with Gasteiger partial charge >= 0.3 is 18.1 Å². The van der Waals surface area contributed by atoms with Crippen LogP contribution in [0.15, 0.2) is 42.5 Å². The van der Waals surface area contributed by atoms with Crippen LogP contribution < -0.4 is 14.2 Å². The minimum absolute atomic E-state index is 0.0242. The molecular weight excluding hydrogens is 620 g/mol. The molecule has 2 aromatic carbocycles. The van der Waals surface area contributed by atoms with Gasteiger partial charge in [0.15, 0.2) is 11.5 Å². The first-order valence-electron chi connectivity index (χ1n) is 16.2. The molecule has 0 amide bonds. The third kappa shape index (κ3) is 6.46. The number of rotatable bonds is 9. The Balaban J connectivity index is 1.19. The van der Waals surface area contributed by atoms with E-state index in [4.69, 9.17) is 33.2 Å². The van der Waals surface area contributed by atoms with E-state index in [9.17, 15) is 14.4 Å². The standard InChI is InChI=1S/C36H42N2O10/c1-6-46-36(41)48-28-11-7-20(15-29(28)43-3)8-12-31(39)47-30-16-21-19-38-14-13-24-23-10-9-22(42-2)17-26(23)37-33(24)27(38)18-25(21)32(34(30)44-4)35(40)45-5/h7-12,15,17,21,25,27,30,32,34,37H,6,13-14,16,18-19H2,1-5H3/t21-,25+,27+,30-,32+,34+/m1/s1. The zero-order valence-electron chi connectivity index (χ0n) is 27.9. The van der Waals surface area contributed by atoms with Crippen molar-refractivity contribution in [1.82, 2.24) is 9.88 Å². The normalized spacial score (nSPS) is 25.0. The van der Waals surface area contributed by atoms with E-state index in [1.54, 1.807) is 45.4 Å². The molecule has 0 radical (unpaired) electrons. The van der Waals surface area contributed by atoms with Crippen LogP contribution in [0, 0.1) is 17.8 Å². The SMILES string of the molecule is CCOC(=O)Oc1ccc(C=CC(=O)O[C@@H]2C[C@@H]3CN4CCc5c([nH]c6cc(OC)ccc56)[C@@H]4C[C@@H]3[C@H](C(=O)OC)[C@H]2OC)cc1OC. The van der Waals surface area contributed by atoms with Crippen molar-refractivity contribution in [3.63, 3.8) is 0 Å². The van der Waals surface area contributed by atoms with Gasteiger partial charge < -0.3 is 38.1 Å². The Morgan fingerprint density at radius 1 is 1.00 bits per heavy atom. The molecule has 12 nitrogen and oxygen atoms in total. The van der Waals surface area contributed by atoms with Crippen molar-refractivity contribution in [3.05, 3.63) is 59.3 Å². The Morgan fingerprint density at radius 3 is 2.56 bits per heavy atom. The molecule has 6 atom stereocenters. The molecule has 48 heavy (non-hydrogen) atoms. The van der Waals surface area contributed by atoms with E-state index < -0.39 is 30.3 Å². The summed E-state index contributed by atoms with van der Waals surface area (Å²) >= 11 is 0. The van der Waals surface area contributed by atoms with Crippen molar-refractivity contribution in [2.24, 2.45) is 17.8 Å². The summed E-state index contributed by atoms with van der Waals surface area (Å²) in [5.74, 6) is -0.177. The molecule has 3 heterocycles. The second kappa shape index (κ2) is 14.3. The molecule has 3 aliphatic rings. The number of benzene rings is 2. The van der Waals surface area contributed by atoms with Crippen LogP contribution in [-0.2, 0) is 35.0 Å². The number of esters is 2. The molecule has 1 saturated heterocycles. The van der Waals surface area contributed by atoms with Gasteiger partial charge in [-0.05, 0) is 79.5 Å². The molecule has 1 saturated carbocycles. The van der Waals surface area contributed by atoms with E-state index in [0.29, 0.717) is 17.7 Å². The maximum atomic E-state index is 13.4. The Bertz CT molecular complexity index is 1700. The van der Waals surface area contributed by atoms with Crippen LogP contribution >= 0.6 is 0 Å². The number of H-pyrrole nitrogens is 1.